The van der Waals surface area contributed by atoms with Crippen molar-refractivity contribution in [3.8, 4) is 0 Å². The van der Waals surface area contributed by atoms with Gasteiger partial charge in [0.1, 0.15) is 0 Å². The van der Waals surface area contributed by atoms with Crippen LogP contribution in [0.4, 0.5) is 0 Å². The Morgan fingerprint density at radius 1 is 0.571 bits per heavy atom. The van der Waals surface area contributed by atoms with E-state index in [1.807, 2.05) is 0 Å². The number of rotatable bonds is 11. The molecule has 3 aliphatic carbocycles. The average Bonchev–Trinajstić information content (AvgIpc) is 2.77. The molecule has 158 valence electrons. The maximum atomic E-state index is 2.48. The van der Waals surface area contributed by atoms with E-state index in [1.165, 1.54) is 103 Å². The molecule has 4 unspecified atom stereocenters. The Labute approximate surface area is 176 Å². The molecule has 0 aliphatic heterocycles. The van der Waals surface area contributed by atoms with Crippen molar-refractivity contribution in [2.24, 2.45) is 29.6 Å². The van der Waals surface area contributed by atoms with Gasteiger partial charge in [0, 0.05) is 0 Å². The van der Waals surface area contributed by atoms with E-state index in [2.05, 4.69) is 43.4 Å². The molecule has 28 heavy (non-hydrogen) atoms. The molecule has 0 aromatic rings. The lowest BCUT2D eigenvalue weighted by atomic mass is 9.74. The summed E-state index contributed by atoms with van der Waals surface area (Å²) in [6.45, 7) is 2.48. The molecule has 0 radical (unpaired) electrons. The number of allylic oxidation sites excluding steroid dienone is 6. The van der Waals surface area contributed by atoms with E-state index in [0.717, 1.165) is 29.6 Å². The maximum Gasteiger partial charge on any atom is -0.0322 e. The van der Waals surface area contributed by atoms with Crippen molar-refractivity contribution in [1.29, 1.82) is 0 Å². The first-order valence-electron chi connectivity index (χ1n) is 12.8. The van der Waals surface area contributed by atoms with Gasteiger partial charge in [-0.05, 0) is 126 Å². The van der Waals surface area contributed by atoms with Crippen LogP contribution in [0, 0.1) is 29.6 Å². The van der Waals surface area contributed by atoms with Crippen molar-refractivity contribution < 1.29 is 0 Å². The minimum atomic E-state index is 0.976. The SMILES string of the molecule is CCC(CCC1CC=CCC1)C(CCC1CC=CCC1)CCC1CC=CCC1. The maximum absolute atomic E-state index is 2.48. The Hall–Kier alpha value is -0.780. The van der Waals surface area contributed by atoms with Gasteiger partial charge in [-0.2, -0.15) is 0 Å². The van der Waals surface area contributed by atoms with Crippen LogP contribution in [-0.4, -0.2) is 0 Å². The van der Waals surface area contributed by atoms with Crippen LogP contribution in [0.15, 0.2) is 36.5 Å². The first-order valence-corrected chi connectivity index (χ1v) is 12.8. The fraction of sp³-hybridized carbons (Fsp3) is 0.786. The molecular formula is C28H46. The van der Waals surface area contributed by atoms with Crippen molar-refractivity contribution in [3.63, 3.8) is 0 Å². The monoisotopic (exact) mass is 382 g/mol. The van der Waals surface area contributed by atoms with Gasteiger partial charge in [-0.1, -0.05) is 49.8 Å². The quantitative estimate of drug-likeness (QED) is 0.313. The highest BCUT2D eigenvalue weighted by Crippen LogP contribution is 2.37. The second-order valence-electron chi connectivity index (χ2n) is 10.1. The van der Waals surface area contributed by atoms with Gasteiger partial charge in [0.2, 0.25) is 0 Å². The van der Waals surface area contributed by atoms with E-state index in [9.17, 15) is 0 Å². The Kier molecular flexibility index (Phi) is 9.95. The van der Waals surface area contributed by atoms with Crippen LogP contribution >= 0.6 is 0 Å². The average molecular weight is 383 g/mol. The van der Waals surface area contributed by atoms with Crippen molar-refractivity contribution in [3.05, 3.63) is 36.5 Å². The smallest absolute Gasteiger partial charge is 0.0322 e. The molecule has 0 saturated heterocycles. The molecule has 4 atom stereocenters. The lowest BCUT2D eigenvalue weighted by Crippen LogP contribution is -2.19. The van der Waals surface area contributed by atoms with E-state index in [0.29, 0.717) is 0 Å². The highest BCUT2D eigenvalue weighted by Gasteiger charge is 2.24. The zero-order chi connectivity index (χ0) is 19.4. The van der Waals surface area contributed by atoms with Crippen LogP contribution in [-0.2, 0) is 0 Å². The van der Waals surface area contributed by atoms with E-state index in [4.69, 9.17) is 0 Å². The number of hydrogen-bond acceptors (Lipinski definition) is 0. The summed E-state index contributed by atoms with van der Waals surface area (Å²) in [6.07, 6.45) is 37.3. The predicted molar refractivity (Wildman–Crippen MR) is 124 cm³/mol. The van der Waals surface area contributed by atoms with Gasteiger partial charge < -0.3 is 0 Å². The summed E-state index contributed by atoms with van der Waals surface area (Å²) in [7, 11) is 0. The molecule has 0 aromatic carbocycles. The standard InChI is InChI=1S/C28H46/c1-2-27(21-18-24-12-6-3-7-13-24)28(22-19-25-14-8-4-9-15-25)23-20-26-16-10-5-11-17-26/h3-6,8,10,24-28H,2,7,9,11-23H2,1H3. The van der Waals surface area contributed by atoms with Gasteiger partial charge in [0.25, 0.3) is 0 Å². The third-order valence-corrected chi connectivity index (χ3v) is 8.16. The summed E-state index contributed by atoms with van der Waals surface area (Å²) in [5.74, 6) is 4.90. The number of hydrogen-bond donors (Lipinski definition) is 0. The molecule has 3 rings (SSSR count). The molecule has 0 fully saturated rings. The fourth-order valence-electron chi connectivity index (χ4n) is 6.09. The zero-order valence-electron chi connectivity index (χ0n) is 18.7. The summed E-state index contributed by atoms with van der Waals surface area (Å²) in [5.41, 5.74) is 0. The molecule has 0 heteroatoms. The summed E-state index contributed by atoms with van der Waals surface area (Å²) >= 11 is 0. The second-order valence-corrected chi connectivity index (χ2v) is 10.1. The highest BCUT2D eigenvalue weighted by molar-refractivity contribution is 4.92. The highest BCUT2D eigenvalue weighted by atomic mass is 14.3. The van der Waals surface area contributed by atoms with Crippen LogP contribution in [0.25, 0.3) is 0 Å². The van der Waals surface area contributed by atoms with Gasteiger partial charge >= 0.3 is 0 Å². The minimum Gasteiger partial charge on any atom is -0.0885 e. The molecular weight excluding hydrogens is 336 g/mol. The van der Waals surface area contributed by atoms with Gasteiger partial charge in [-0.25, -0.2) is 0 Å². The van der Waals surface area contributed by atoms with Crippen LogP contribution in [0.3, 0.4) is 0 Å². The molecule has 3 aliphatic rings. The molecule has 0 amide bonds. The first-order chi connectivity index (χ1) is 13.8. The Morgan fingerprint density at radius 2 is 0.964 bits per heavy atom. The summed E-state index contributed by atoms with van der Waals surface area (Å²) in [6, 6.07) is 0. The summed E-state index contributed by atoms with van der Waals surface area (Å²) in [5, 5.41) is 0. The molecule has 0 aromatic heterocycles. The molecule has 0 spiro atoms. The van der Waals surface area contributed by atoms with E-state index < -0.39 is 0 Å². The van der Waals surface area contributed by atoms with Crippen LogP contribution in [0.2, 0.25) is 0 Å². The van der Waals surface area contributed by atoms with Gasteiger partial charge in [0.05, 0.1) is 0 Å². The third kappa shape index (κ3) is 7.57. The van der Waals surface area contributed by atoms with Crippen LogP contribution < -0.4 is 0 Å². The third-order valence-electron chi connectivity index (χ3n) is 8.16. The molecule has 0 saturated carbocycles. The molecule has 0 bridgehead atoms. The zero-order valence-corrected chi connectivity index (χ0v) is 18.7. The van der Waals surface area contributed by atoms with Crippen LogP contribution in [0.1, 0.15) is 110 Å². The first kappa shape index (κ1) is 21.9. The minimum absolute atomic E-state index is 0.976. The topological polar surface area (TPSA) is 0 Å². The Morgan fingerprint density at radius 3 is 1.29 bits per heavy atom. The molecule has 0 nitrogen and oxygen atoms in total. The van der Waals surface area contributed by atoms with Gasteiger partial charge in [-0.15, -0.1) is 0 Å². The van der Waals surface area contributed by atoms with Crippen molar-refractivity contribution in [2.45, 2.75) is 110 Å². The van der Waals surface area contributed by atoms with Gasteiger partial charge in [0.15, 0.2) is 0 Å². The Balaban J connectivity index is 1.50. The lowest BCUT2D eigenvalue weighted by molar-refractivity contribution is 0.214. The normalized spacial score (nSPS) is 29.7. The predicted octanol–water partition coefficient (Wildman–Crippen LogP) is 9.04. The molecule has 0 heterocycles. The Bertz CT molecular complexity index is 468. The second kappa shape index (κ2) is 12.7. The van der Waals surface area contributed by atoms with Crippen LogP contribution in [0.5, 0.6) is 0 Å². The van der Waals surface area contributed by atoms with Crippen molar-refractivity contribution >= 4 is 0 Å². The van der Waals surface area contributed by atoms with E-state index in [-0.39, 0.29) is 0 Å². The van der Waals surface area contributed by atoms with Gasteiger partial charge in [-0.3, -0.25) is 0 Å². The fourth-order valence-corrected chi connectivity index (χ4v) is 6.09. The van der Waals surface area contributed by atoms with Crippen molar-refractivity contribution in [2.75, 3.05) is 0 Å². The summed E-state index contributed by atoms with van der Waals surface area (Å²) < 4.78 is 0. The van der Waals surface area contributed by atoms with Crippen molar-refractivity contribution in [1.82, 2.24) is 0 Å². The lowest BCUT2D eigenvalue weighted by Gasteiger charge is -2.31. The molecule has 0 N–H and O–H groups in total. The van der Waals surface area contributed by atoms with E-state index in [1.54, 1.807) is 0 Å². The summed E-state index contributed by atoms with van der Waals surface area (Å²) in [4.78, 5) is 0. The van der Waals surface area contributed by atoms with E-state index >= 15 is 0 Å². The largest absolute Gasteiger partial charge is 0.0885 e.